The number of tetrazole rings is 1. The van der Waals surface area contributed by atoms with E-state index in [0.29, 0.717) is 28.5 Å². The summed E-state index contributed by atoms with van der Waals surface area (Å²) in [6, 6.07) is 21.2. The van der Waals surface area contributed by atoms with E-state index in [1.165, 1.54) is 17.1 Å². The second-order valence-electron chi connectivity index (χ2n) is 8.15. The number of rotatable bonds is 8. The first-order valence-corrected chi connectivity index (χ1v) is 11.7. The molecule has 11 heteroatoms. The highest BCUT2D eigenvalue weighted by Gasteiger charge is 2.22. The van der Waals surface area contributed by atoms with E-state index in [1.54, 1.807) is 24.3 Å². The number of nitrogens with zero attached hydrogens (tertiary/aromatic N) is 5. The van der Waals surface area contributed by atoms with Gasteiger partial charge in [0.2, 0.25) is 11.8 Å². The first-order valence-electron chi connectivity index (χ1n) is 11.4. The lowest BCUT2D eigenvalue weighted by Gasteiger charge is -2.17. The molecule has 0 aliphatic heterocycles. The summed E-state index contributed by atoms with van der Waals surface area (Å²) >= 11 is 6.16. The average Bonchev–Trinajstić information content (AvgIpc) is 3.59. The number of nitrogens with one attached hydrogen (secondary N) is 3. The summed E-state index contributed by atoms with van der Waals surface area (Å²) in [4.78, 5) is 26.2. The van der Waals surface area contributed by atoms with Gasteiger partial charge in [-0.3, -0.25) is 14.7 Å². The Hall–Kier alpha value is -4.83. The van der Waals surface area contributed by atoms with Crippen LogP contribution in [-0.4, -0.2) is 48.3 Å². The predicted molar refractivity (Wildman–Crippen MR) is 140 cm³/mol. The first kappa shape index (κ1) is 23.9. The quantitative estimate of drug-likeness (QED) is 0.272. The summed E-state index contributed by atoms with van der Waals surface area (Å²) in [6.07, 6.45) is 4.67. The number of carbonyl (C=O) groups is 2. The Morgan fingerprint density at radius 1 is 1.05 bits per heavy atom. The van der Waals surface area contributed by atoms with Gasteiger partial charge < -0.3 is 10.6 Å². The third-order valence-electron chi connectivity index (χ3n) is 5.63. The Morgan fingerprint density at radius 2 is 1.86 bits per heavy atom. The Bertz CT molecular complexity index is 1560. The first-order chi connectivity index (χ1) is 18.1. The highest BCUT2D eigenvalue weighted by atomic mass is 35.5. The molecule has 37 heavy (non-hydrogen) atoms. The molecular formula is C26H21ClN8O2. The van der Waals surface area contributed by atoms with Gasteiger partial charge in [-0.1, -0.05) is 54.1 Å². The average molecular weight is 513 g/mol. The number of aromatic amines is 1. The molecule has 0 saturated carbocycles. The fraction of sp³-hybridized carbons (Fsp3) is 0.0769. The van der Waals surface area contributed by atoms with Crippen LogP contribution < -0.4 is 10.6 Å². The number of carbonyl (C=O) groups excluding carboxylic acids is 2. The van der Waals surface area contributed by atoms with Gasteiger partial charge in [-0.2, -0.15) is 9.78 Å². The molecule has 2 amide bonds. The van der Waals surface area contributed by atoms with Crippen molar-refractivity contribution in [1.29, 1.82) is 0 Å². The second kappa shape index (κ2) is 10.8. The summed E-state index contributed by atoms with van der Waals surface area (Å²) < 4.78 is 1.47. The van der Waals surface area contributed by atoms with Gasteiger partial charge in [0, 0.05) is 28.5 Å². The number of amides is 2. The van der Waals surface area contributed by atoms with Gasteiger partial charge in [-0.25, -0.2) is 0 Å². The van der Waals surface area contributed by atoms with E-state index in [1.807, 2.05) is 54.6 Å². The number of para-hydroxylation sites is 1. The van der Waals surface area contributed by atoms with E-state index in [4.69, 9.17) is 11.6 Å². The normalized spacial score (nSPS) is 12.0. The minimum absolute atomic E-state index is 0.293. The number of H-pyrrole nitrogens is 1. The van der Waals surface area contributed by atoms with Crippen molar-refractivity contribution < 1.29 is 9.59 Å². The molecular weight excluding hydrogens is 492 g/mol. The summed E-state index contributed by atoms with van der Waals surface area (Å²) in [5, 5.41) is 25.2. The van der Waals surface area contributed by atoms with Crippen LogP contribution in [0.15, 0.2) is 85.2 Å². The van der Waals surface area contributed by atoms with Crippen molar-refractivity contribution in [2.45, 2.75) is 12.5 Å². The number of anilines is 1. The zero-order valence-electron chi connectivity index (χ0n) is 19.4. The molecule has 2 heterocycles. The summed E-state index contributed by atoms with van der Waals surface area (Å²) in [5.74, 6) is -0.445. The van der Waals surface area contributed by atoms with E-state index < -0.39 is 11.9 Å². The van der Waals surface area contributed by atoms with Gasteiger partial charge in [-0.05, 0) is 52.4 Å². The van der Waals surface area contributed by atoms with E-state index >= 15 is 0 Å². The molecule has 1 atom stereocenters. The molecule has 5 aromatic rings. The molecule has 0 unspecified atom stereocenters. The van der Waals surface area contributed by atoms with Gasteiger partial charge in [0.25, 0.3) is 0 Å². The highest BCUT2D eigenvalue weighted by molar-refractivity contribution is 6.30. The van der Waals surface area contributed by atoms with Crippen LogP contribution in [-0.2, 0) is 16.0 Å². The van der Waals surface area contributed by atoms with E-state index in [2.05, 4.69) is 36.4 Å². The van der Waals surface area contributed by atoms with Crippen LogP contribution in [0.25, 0.3) is 22.7 Å². The van der Waals surface area contributed by atoms with Crippen LogP contribution in [0.2, 0.25) is 5.02 Å². The van der Waals surface area contributed by atoms with Crippen molar-refractivity contribution in [2.24, 2.45) is 0 Å². The van der Waals surface area contributed by atoms with Gasteiger partial charge in [0.1, 0.15) is 12.4 Å². The van der Waals surface area contributed by atoms with E-state index in [-0.39, 0.29) is 5.91 Å². The Kier molecular flexibility index (Phi) is 7.00. The maximum absolute atomic E-state index is 13.3. The van der Waals surface area contributed by atoms with Gasteiger partial charge in [0.05, 0.1) is 11.2 Å². The van der Waals surface area contributed by atoms with Crippen molar-refractivity contribution in [3.05, 3.63) is 101 Å². The van der Waals surface area contributed by atoms with Gasteiger partial charge in [0.15, 0.2) is 5.82 Å². The lowest BCUT2D eigenvalue weighted by atomic mass is 10.0. The number of halogens is 1. The van der Waals surface area contributed by atoms with Crippen molar-refractivity contribution >= 4 is 46.2 Å². The molecule has 184 valence electrons. The third kappa shape index (κ3) is 5.71. The molecule has 5 rings (SSSR count). The number of aromatic nitrogens is 6. The van der Waals surface area contributed by atoms with Gasteiger partial charge in [-0.15, -0.1) is 5.10 Å². The number of benzene rings is 3. The Balaban J connectivity index is 1.36. The number of hydrogen-bond donors (Lipinski definition) is 3. The molecule has 0 saturated heterocycles. The molecule has 0 spiro atoms. The van der Waals surface area contributed by atoms with E-state index in [9.17, 15) is 9.59 Å². The maximum atomic E-state index is 13.3. The van der Waals surface area contributed by atoms with Crippen LogP contribution in [0.4, 0.5) is 5.82 Å². The van der Waals surface area contributed by atoms with Crippen molar-refractivity contribution in [3.63, 3.8) is 0 Å². The fourth-order valence-electron chi connectivity index (χ4n) is 3.85. The largest absolute Gasteiger partial charge is 0.340 e. The minimum atomic E-state index is -0.853. The molecule has 3 aromatic carbocycles. The molecule has 0 bridgehead atoms. The SMILES string of the molecule is O=C(/C=C/c1cc(Cl)ccc1-n1cnnn1)N[C@@H](Cc1ccccc1)C(=O)Nc1n[nH]c2ccccc12. The summed E-state index contributed by atoms with van der Waals surface area (Å²) in [6.45, 7) is 0. The molecule has 0 aliphatic rings. The maximum Gasteiger partial charge on any atom is 0.248 e. The summed E-state index contributed by atoms with van der Waals surface area (Å²) in [7, 11) is 0. The fourth-order valence-corrected chi connectivity index (χ4v) is 4.03. The predicted octanol–water partition coefficient (Wildman–Crippen LogP) is 3.57. The van der Waals surface area contributed by atoms with Crippen molar-refractivity contribution in [2.75, 3.05) is 5.32 Å². The molecule has 0 aliphatic carbocycles. The molecule has 2 aromatic heterocycles. The van der Waals surface area contributed by atoms with Crippen LogP contribution in [0.5, 0.6) is 0 Å². The monoisotopic (exact) mass is 512 g/mol. The zero-order valence-corrected chi connectivity index (χ0v) is 20.1. The third-order valence-corrected chi connectivity index (χ3v) is 5.86. The standard InChI is InChI=1S/C26H21ClN8O2/c27-19-11-12-23(35-16-28-33-34-35)18(15-19)10-13-24(36)29-22(14-17-6-2-1-3-7-17)26(37)30-25-20-8-4-5-9-21(20)31-32-25/h1-13,15-16,22H,14H2,(H,29,36)(H2,30,31,32,37)/b13-10+/t22-/m0/s1. The van der Waals surface area contributed by atoms with Gasteiger partial charge >= 0.3 is 0 Å². The van der Waals surface area contributed by atoms with Crippen LogP contribution in [0.3, 0.4) is 0 Å². The summed E-state index contributed by atoms with van der Waals surface area (Å²) in [5.41, 5.74) is 2.96. The van der Waals surface area contributed by atoms with E-state index in [0.717, 1.165) is 16.5 Å². The Morgan fingerprint density at radius 3 is 2.68 bits per heavy atom. The smallest absolute Gasteiger partial charge is 0.248 e. The van der Waals surface area contributed by atoms with Crippen molar-refractivity contribution in [3.8, 4) is 5.69 Å². The molecule has 10 nitrogen and oxygen atoms in total. The number of fused-ring (bicyclic) bond motifs is 1. The molecule has 0 fully saturated rings. The van der Waals surface area contributed by atoms with Crippen LogP contribution in [0.1, 0.15) is 11.1 Å². The Labute approximate surface area is 216 Å². The lowest BCUT2D eigenvalue weighted by Crippen LogP contribution is -2.44. The highest BCUT2D eigenvalue weighted by Crippen LogP contribution is 2.21. The zero-order chi connectivity index (χ0) is 25.6. The van der Waals surface area contributed by atoms with Crippen LogP contribution >= 0.6 is 11.6 Å². The second-order valence-corrected chi connectivity index (χ2v) is 8.59. The number of hydrogen-bond acceptors (Lipinski definition) is 6. The molecule has 0 radical (unpaired) electrons. The minimum Gasteiger partial charge on any atom is -0.340 e. The molecule has 3 N–H and O–H groups in total. The lowest BCUT2D eigenvalue weighted by molar-refractivity contribution is -0.123. The topological polar surface area (TPSA) is 130 Å². The van der Waals surface area contributed by atoms with Crippen LogP contribution in [0, 0.1) is 0 Å². The van der Waals surface area contributed by atoms with Crippen molar-refractivity contribution in [1.82, 2.24) is 35.7 Å².